The predicted molar refractivity (Wildman–Crippen MR) is 41.8 cm³/mol. The lowest BCUT2D eigenvalue weighted by atomic mass is 10.1. The molecule has 0 fully saturated rings. The van der Waals surface area contributed by atoms with Crippen LogP contribution < -0.4 is 0 Å². The monoisotopic (exact) mass is 243 g/mol. The summed E-state index contributed by atoms with van der Waals surface area (Å²) in [6, 6.07) is 0.845. The van der Waals surface area contributed by atoms with Crippen LogP contribution in [0.2, 0.25) is 0 Å². The third kappa shape index (κ3) is 2.88. The van der Waals surface area contributed by atoms with Crippen molar-refractivity contribution in [3.8, 4) is 0 Å². The molecule has 1 N–H and O–H groups in total. The molecule has 0 aliphatic rings. The number of halogens is 6. The second-order valence-electron chi connectivity index (χ2n) is 2.97. The maximum atomic E-state index is 12.2. The van der Waals surface area contributed by atoms with Crippen molar-refractivity contribution in [3.63, 3.8) is 0 Å². The average molecular weight is 243 g/mol. The van der Waals surface area contributed by atoms with Crippen LogP contribution in [0.3, 0.4) is 0 Å². The molecular weight excluding hydrogens is 238 g/mol. The van der Waals surface area contributed by atoms with Crippen molar-refractivity contribution in [2.24, 2.45) is 0 Å². The lowest BCUT2D eigenvalue weighted by Gasteiger charge is -2.12. The average Bonchev–Trinajstić information content (AvgIpc) is 2.14. The standard InChI is InChI=1S/C9H5F6O/c10-8(11,12)6-1-5(4-16)2-7(3-6)9(13,14)15/h1-4,16H. The molecule has 1 rings (SSSR count). The summed E-state index contributed by atoms with van der Waals surface area (Å²) in [6.45, 7) is 0.185. The van der Waals surface area contributed by atoms with E-state index >= 15 is 0 Å². The Morgan fingerprint density at radius 3 is 1.44 bits per heavy atom. The van der Waals surface area contributed by atoms with E-state index in [2.05, 4.69) is 0 Å². The topological polar surface area (TPSA) is 20.2 Å². The fraction of sp³-hybridized carbons (Fsp3) is 0.222. The van der Waals surface area contributed by atoms with Crippen LogP contribution in [0.25, 0.3) is 0 Å². The fourth-order valence-electron chi connectivity index (χ4n) is 1.05. The van der Waals surface area contributed by atoms with Crippen molar-refractivity contribution in [2.75, 3.05) is 0 Å². The Kier molecular flexibility index (Phi) is 3.18. The normalized spacial score (nSPS) is 12.9. The number of alkyl halides is 6. The summed E-state index contributed by atoms with van der Waals surface area (Å²) in [4.78, 5) is 0. The van der Waals surface area contributed by atoms with Crippen molar-refractivity contribution in [1.29, 1.82) is 0 Å². The Bertz CT molecular complexity index is 346. The number of hydrogen-bond donors (Lipinski definition) is 1. The molecule has 89 valence electrons. The molecule has 0 aliphatic carbocycles. The summed E-state index contributed by atoms with van der Waals surface area (Å²) in [7, 11) is 0. The number of benzene rings is 1. The molecule has 0 bridgehead atoms. The van der Waals surface area contributed by atoms with Crippen molar-refractivity contribution in [1.82, 2.24) is 0 Å². The highest BCUT2D eigenvalue weighted by Crippen LogP contribution is 2.36. The van der Waals surface area contributed by atoms with Gasteiger partial charge in [-0.3, -0.25) is 0 Å². The fourth-order valence-corrected chi connectivity index (χ4v) is 1.05. The van der Waals surface area contributed by atoms with Gasteiger partial charge >= 0.3 is 12.4 Å². The highest BCUT2D eigenvalue weighted by molar-refractivity contribution is 5.35. The van der Waals surface area contributed by atoms with Gasteiger partial charge in [0.15, 0.2) is 0 Å². The predicted octanol–water partition coefficient (Wildman–Crippen LogP) is 3.61. The van der Waals surface area contributed by atoms with Gasteiger partial charge in [0.25, 0.3) is 0 Å². The largest absolute Gasteiger partial charge is 0.416 e. The summed E-state index contributed by atoms with van der Waals surface area (Å²) in [5.41, 5.74) is -3.47. The molecule has 16 heavy (non-hydrogen) atoms. The molecule has 0 aromatic heterocycles. The van der Waals surface area contributed by atoms with Crippen LogP contribution in [-0.4, -0.2) is 5.11 Å². The number of aliphatic hydroxyl groups excluding tert-OH is 1. The molecule has 1 nitrogen and oxygen atoms in total. The summed E-state index contributed by atoms with van der Waals surface area (Å²) >= 11 is 0. The Morgan fingerprint density at radius 2 is 1.19 bits per heavy atom. The lowest BCUT2D eigenvalue weighted by molar-refractivity contribution is -0.143. The highest BCUT2D eigenvalue weighted by atomic mass is 19.4. The van der Waals surface area contributed by atoms with Gasteiger partial charge in [-0.25, -0.2) is 0 Å². The van der Waals surface area contributed by atoms with Gasteiger partial charge in [-0.05, 0) is 23.8 Å². The number of aliphatic hydroxyl groups is 1. The van der Waals surface area contributed by atoms with Crippen molar-refractivity contribution < 1.29 is 31.4 Å². The van der Waals surface area contributed by atoms with E-state index in [1.54, 1.807) is 0 Å². The van der Waals surface area contributed by atoms with E-state index in [0.29, 0.717) is 12.1 Å². The van der Waals surface area contributed by atoms with Crippen molar-refractivity contribution >= 4 is 0 Å². The van der Waals surface area contributed by atoms with Crippen molar-refractivity contribution in [2.45, 2.75) is 12.4 Å². The van der Waals surface area contributed by atoms with Crippen LogP contribution in [0.4, 0.5) is 26.3 Å². The van der Waals surface area contributed by atoms with E-state index < -0.39 is 29.0 Å². The molecule has 0 unspecified atom stereocenters. The minimum Gasteiger partial charge on any atom is -0.385 e. The molecule has 0 aliphatic heterocycles. The Morgan fingerprint density at radius 1 is 0.812 bits per heavy atom. The van der Waals surface area contributed by atoms with Crippen LogP contribution >= 0.6 is 0 Å². The Labute approximate surface area is 86.3 Å². The second kappa shape index (κ2) is 3.97. The van der Waals surface area contributed by atoms with E-state index in [0.717, 1.165) is 0 Å². The summed E-state index contributed by atoms with van der Waals surface area (Å²) in [5.74, 6) is 0. The first kappa shape index (κ1) is 12.8. The minimum absolute atomic E-state index is 0.00694. The molecule has 7 heteroatoms. The molecule has 0 saturated heterocycles. The minimum atomic E-state index is -4.89. The van der Waals surface area contributed by atoms with Gasteiger partial charge in [0, 0.05) is 0 Å². The summed E-state index contributed by atoms with van der Waals surface area (Å²) in [6.07, 6.45) is -9.78. The van der Waals surface area contributed by atoms with E-state index in [-0.39, 0.29) is 12.7 Å². The molecule has 0 amide bonds. The third-order valence-corrected chi connectivity index (χ3v) is 1.76. The number of rotatable bonds is 1. The SMILES string of the molecule is O[CH]c1cc(C(F)(F)F)cc(C(F)(F)F)c1. The molecule has 1 aromatic carbocycles. The molecular formula is C9H5F6O. The maximum Gasteiger partial charge on any atom is 0.416 e. The molecule has 0 atom stereocenters. The van der Waals surface area contributed by atoms with Crippen LogP contribution in [0.15, 0.2) is 18.2 Å². The first-order valence-electron chi connectivity index (χ1n) is 3.91. The van der Waals surface area contributed by atoms with E-state index in [1.807, 2.05) is 0 Å². The van der Waals surface area contributed by atoms with Crippen LogP contribution in [0, 0.1) is 6.61 Å². The third-order valence-electron chi connectivity index (χ3n) is 1.76. The summed E-state index contributed by atoms with van der Waals surface area (Å²) < 4.78 is 73.3. The summed E-state index contributed by atoms with van der Waals surface area (Å²) in [5, 5.41) is 8.46. The van der Waals surface area contributed by atoms with Crippen LogP contribution in [-0.2, 0) is 12.4 Å². The molecule has 0 spiro atoms. The van der Waals surface area contributed by atoms with E-state index in [9.17, 15) is 26.3 Å². The zero-order valence-electron chi connectivity index (χ0n) is 7.52. The smallest absolute Gasteiger partial charge is 0.385 e. The quantitative estimate of drug-likeness (QED) is 0.747. The Balaban J connectivity index is 3.33. The van der Waals surface area contributed by atoms with Gasteiger partial charge < -0.3 is 5.11 Å². The van der Waals surface area contributed by atoms with Gasteiger partial charge in [0.05, 0.1) is 11.1 Å². The van der Waals surface area contributed by atoms with Gasteiger partial charge in [0.2, 0.25) is 0 Å². The molecule has 0 heterocycles. The highest BCUT2D eigenvalue weighted by Gasteiger charge is 2.36. The zero-order valence-corrected chi connectivity index (χ0v) is 7.52. The lowest BCUT2D eigenvalue weighted by Crippen LogP contribution is -2.11. The first-order valence-corrected chi connectivity index (χ1v) is 3.91. The van der Waals surface area contributed by atoms with E-state index in [1.165, 1.54) is 0 Å². The van der Waals surface area contributed by atoms with Crippen molar-refractivity contribution in [3.05, 3.63) is 41.5 Å². The molecule has 1 aromatic rings. The molecule has 1 radical (unpaired) electrons. The zero-order chi connectivity index (χ0) is 12.6. The van der Waals surface area contributed by atoms with Gasteiger partial charge in [-0.1, -0.05) is 0 Å². The van der Waals surface area contributed by atoms with Gasteiger partial charge in [-0.2, -0.15) is 26.3 Å². The maximum absolute atomic E-state index is 12.2. The molecule has 0 saturated carbocycles. The van der Waals surface area contributed by atoms with Crippen LogP contribution in [0.5, 0.6) is 0 Å². The van der Waals surface area contributed by atoms with Gasteiger partial charge in [0.1, 0.15) is 6.61 Å². The van der Waals surface area contributed by atoms with E-state index in [4.69, 9.17) is 5.11 Å². The van der Waals surface area contributed by atoms with Crippen LogP contribution in [0.1, 0.15) is 16.7 Å². The number of hydrogen-bond acceptors (Lipinski definition) is 1. The first-order chi connectivity index (χ1) is 7.14. The second-order valence-corrected chi connectivity index (χ2v) is 2.97. The van der Waals surface area contributed by atoms with Gasteiger partial charge in [-0.15, -0.1) is 0 Å². The Hall–Kier alpha value is -1.24.